The first-order chi connectivity index (χ1) is 18.5. The van der Waals surface area contributed by atoms with E-state index >= 15 is 0 Å². The Balaban J connectivity index is 1.23. The molecule has 198 valence electrons. The summed E-state index contributed by atoms with van der Waals surface area (Å²) in [6.45, 7) is 4.41. The van der Waals surface area contributed by atoms with E-state index in [4.69, 9.17) is 16.3 Å². The first kappa shape index (κ1) is 26.1. The molecule has 2 amide bonds. The number of nitrogens with zero attached hydrogens (tertiary/aromatic N) is 3. The molecule has 3 aromatic rings. The number of fused-ring (bicyclic) bond motifs is 1. The average molecular weight is 534 g/mol. The van der Waals surface area contributed by atoms with Gasteiger partial charge in [-0.05, 0) is 42.0 Å². The zero-order valence-electron chi connectivity index (χ0n) is 21.5. The number of aromatic nitrogens is 2. The van der Waals surface area contributed by atoms with Crippen LogP contribution in [0, 0.1) is 0 Å². The Hall–Kier alpha value is -3.49. The molecule has 2 aliphatic heterocycles. The molecule has 2 aliphatic rings. The predicted octanol–water partition coefficient (Wildman–Crippen LogP) is 4.61. The molecule has 5 rings (SSSR count). The van der Waals surface area contributed by atoms with Crippen molar-refractivity contribution in [3.63, 3.8) is 0 Å². The summed E-state index contributed by atoms with van der Waals surface area (Å²) in [6.07, 6.45) is 5.45. The third-order valence-electron chi connectivity index (χ3n) is 6.91. The van der Waals surface area contributed by atoms with Gasteiger partial charge in [0.25, 0.3) is 5.91 Å². The summed E-state index contributed by atoms with van der Waals surface area (Å²) in [4.78, 5) is 36.4. The zero-order valence-corrected chi connectivity index (χ0v) is 22.3. The number of aryl methyl sites for hydroxylation is 1. The Morgan fingerprint density at radius 1 is 1.16 bits per heavy atom. The molecule has 9 heteroatoms. The number of hydrogen-bond donors (Lipinski definition) is 2. The number of carbonyl (C=O) groups is 2. The highest BCUT2D eigenvalue weighted by Gasteiger charge is 2.29. The topological polar surface area (TPSA) is 96.5 Å². The van der Waals surface area contributed by atoms with Gasteiger partial charge in [-0.15, -0.1) is 0 Å². The molecule has 1 saturated heterocycles. The third-order valence-corrected chi connectivity index (χ3v) is 7.19. The number of amides is 2. The standard InChI is InChI=1S/C29H32ClN5O3/c1-2-4-19-5-3-6-20(13-19)15-31-26(36)18-35-17-22-8-7-21(14-24(22)28(35)37)27-25(30)16-32-29(34-27)33-23-9-11-38-12-10-23/h3,5-8,13-14,16,23H,2,4,9-12,15,17-18H2,1H3,(H,31,36)(H,32,33,34). The number of benzene rings is 2. The van der Waals surface area contributed by atoms with Crippen molar-refractivity contribution in [3.05, 3.63) is 75.9 Å². The number of halogens is 1. The lowest BCUT2D eigenvalue weighted by Crippen LogP contribution is -2.37. The first-order valence-corrected chi connectivity index (χ1v) is 13.5. The van der Waals surface area contributed by atoms with Crippen LogP contribution in [-0.2, 0) is 29.0 Å². The molecule has 38 heavy (non-hydrogen) atoms. The van der Waals surface area contributed by atoms with Gasteiger partial charge in [0.15, 0.2) is 0 Å². The largest absolute Gasteiger partial charge is 0.381 e. The smallest absolute Gasteiger partial charge is 0.254 e. The van der Waals surface area contributed by atoms with Crippen LogP contribution in [0.25, 0.3) is 11.3 Å². The second-order valence-corrected chi connectivity index (χ2v) is 10.2. The molecule has 2 N–H and O–H groups in total. The summed E-state index contributed by atoms with van der Waals surface area (Å²) in [6, 6.07) is 14.1. The maximum Gasteiger partial charge on any atom is 0.254 e. The fourth-order valence-corrected chi connectivity index (χ4v) is 5.11. The Kier molecular flexibility index (Phi) is 8.20. The van der Waals surface area contributed by atoms with Crippen LogP contribution in [0.4, 0.5) is 5.95 Å². The molecule has 0 bridgehead atoms. The summed E-state index contributed by atoms with van der Waals surface area (Å²) in [5.41, 5.74) is 5.06. The molecule has 0 spiro atoms. The number of rotatable bonds is 9. The minimum atomic E-state index is -0.185. The van der Waals surface area contributed by atoms with E-state index in [0.29, 0.717) is 48.5 Å². The lowest BCUT2D eigenvalue weighted by atomic mass is 10.0. The molecular weight excluding hydrogens is 502 g/mol. The van der Waals surface area contributed by atoms with E-state index < -0.39 is 0 Å². The maximum absolute atomic E-state index is 13.2. The third kappa shape index (κ3) is 6.14. The molecule has 0 aliphatic carbocycles. The lowest BCUT2D eigenvalue weighted by Gasteiger charge is -2.23. The van der Waals surface area contributed by atoms with Crippen LogP contribution >= 0.6 is 11.6 Å². The molecule has 3 heterocycles. The van der Waals surface area contributed by atoms with Gasteiger partial charge in [0.1, 0.15) is 6.54 Å². The summed E-state index contributed by atoms with van der Waals surface area (Å²) in [7, 11) is 0. The molecular formula is C29H32ClN5O3. The molecule has 0 unspecified atom stereocenters. The van der Waals surface area contributed by atoms with E-state index in [1.165, 1.54) is 5.56 Å². The van der Waals surface area contributed by atoms with Crippen LogP contribution in [0.5, 0.6) is 0 Å². The second kappa shape index (κ2) is 11.9. The quantitative estimate of drug-likeness (QED) is 0.417. The van der Waals surface area contributed by atoms with Crippen LogP contribution in [0.2, 0.25) is 5.02 Å². The molecule has 0 saturated carbocycles. The summed E-state index contributed by atoms with van der Waals surface area (Å²) in [5, 5.41) is 6.71. The fourth-order valence-electron chi connectivity index (χ4n) is 4.91. The van der Waals surface area contributed by atoms with Crippen molar-refractivity contribution in [1.82, 2.24) is 20.2 Å². The lowest BCUT2D eigenvalue weighted by molar-refractivity contribution is -0.122. The van der Waals surface area contributed by atoms with Gasteiger partial charge in [0.05, 0.1) is 16.9 Å². The van der Waals surface area contributed by atoms with Crippen molar-refractivity contribution in [2.75, 3.05) is 25.1 Å². The van der Waals surface area contributed by atoms with Gasteiger partial charge in [-0.3, -0.25) is 9.59 Å². The highest BCUT2D eigenvalue weighted by Crippen LogP contribution is 2.31. The zero-order chi connectivity index (χ0) is 26.5. The van der Waals surface area contributed by atoms with Crippen molar-refractivity contribution in [1.29, 1.82) is 0 Å². The van der Waals surface area contributed by atoms with E-state index in [0.717, 1.165) is 42.4 Å². The van der Waals surface area contributed by atoms with Crippen molar-refractivity contribution < 1.29 is 14.3 Å². The van der Waals surface area contributed by atoms with Crippen molar-refractivity contribution >= 4 is 29.4 Å². The van der Waals surface area contributed by atoms with E-state index in [9.17, 15) is 9.59 Å². The van der Waals surface area contributed by atoms with Gasteiger partial charge >= 0.3 is 0 Å². The molecule has 0 radical (unpaired) electrons. The molecule has 1 aromatic heterocycles. The highest BCUT2D eigenvalue weighted by molar-refractivity contribution is 6.33. The number of anilines is 1. The van der Waals surface area contributed by atoms with Crippen molar-refractivity contribution in [2.24, 2.45) is 0 Å². The second-order valence-electron chi connectivity index (χ2n) is 9.80. The summed E-state index contributed by atoms with van der Waals surface area (Å²) >= 11 is 6.45. The Morgan fingerprint density at radius 3 is 2.79 bits per heavy atom. The SMILES string of the molecule is CCCc1cccc(CNC(=O)CN2Cc3ccc(-c4nc(NC5CCOCC5)ncc4Cl)cc3C2=O)c1. The number of hydrogen-bond acceptors (Lipinski definition) is 6. The van der Waals surface area contributed by atoms with Gasteiger partial charge in [0.2, 0.25) is 11.9 Å². The normalized spacial score (nSPS) is 15.4. The van der Waals surface area contributed by atoms with Gasteiger partial charge in [-0.1, -0.05) is 61.3 Å². The summed E-state index contributed by atoms with van der Waals surface area (Å²) < 4.78 is 5.42. The average Bonchev–Trinajstić information content (AvgIpc) is 3.24. The van der Waals surface area contributed by atoms with Crippen LogP contribution in [-0.4, -0.2) is 52.5 Å². The van der Waals surface area contributed by atoms with Crippen LogP contribution in [0.1, 0.15) is 53.2 Å². The predicted molar refractivity (Wildman–Crippen MR) is 147 cm³/mol. The van der Waals surface area contributed by atoms with Gasteiger partial charge in [0, 0.05) is 43.5 Å². The van der Waals surface area contributed by atoms with Crippen LogP contribution in [0.15, 0.2) is 48.7 Å². The molecule has 1 fully saturated rings. The Labute approximate surface area is 227 Å². The Morgan fingerprint density at radius 2 is 1.97 bits per heavy atom. The number of ether oxygens (including phenoxy) is 1. The van der Waals surface area contributed by atoms with E-state index in [1.54, 1.807) is 17.2 Å². The highest BCUT2D eigenvalue weighted by atomic mass is 35.5. The van der Waals surface area contributed by atoms with Crippen molar-refractivity contribution in [3.8, 4) is 11.3 Å². The number of nitrogens with one attached hydrogen (secondary N) is 2. The van der Waals surface area contributed by atoms with Crippen LogP contribution < -0.4 is 10.6 Å². The van der Waals surface area contributed by atoms with E-state index in [2.05, 4.69) is 39.7 Å². The monoisotopic (exact) mass is 533 g/mol. The first-order valence-electron chi connectivity index (χ1n) is 13.1. The van der Waals surface area contributed by atoms with Gasteiger partial charge in [-0.25, -0.2) is 9.97 Å². The minimum absolute atomic E-state index is 0.00489. The molecule has 8 nitrogen and oxygen atoms in total. The maximum atomic E-state index is 13.2. The summed E-state index contributed by atoms with van der Waals surface area (Å²) in [5.74, 6) is 0.143. The molecule has 0 atom stereocenters. The van der Waals surface area contributed by atoms with Gasteiger partial charge < -0.3 is 20.3 Å². The minimum Gasteiger partial charge on any atom is -0.381 e. The Bertz CT molecular complexity index is 1330. The molecule has 2 aromatic carbocycles. The van der Waals surface area contributed by atoms with E-state index in [-0.39, 0.29) is 24.4 Å². The fraction of sp³-hybridized carbons (Fsp3) is 0.379. The van der Waals surface area contributed by atoms with E-state index in [1.807, 2.05) is 24.3 Å². The number of carbonyl (C=O) groups excluding carboxylic acids is 2. The van der Waals surface area contributed by atoms with Crippen molar-refractivity contribution in [2.45, 2.75) is 51.7 Å². The van der Waals surface area contributed by atoms with Crippen LogP contribution in [0.3, 0.4) is 0 Å². The van der Waals surface area contributed by atoms with Gasteiger partial charge in [-0.2, -0.15) is 0 Å².